The number of amides is 5. The van der Waals surface area contributed by atoms with Crippen LogP contribution < -0.4 is 21.7 Å². The van der Waals surface area contributed by atoms with E-state index in [9.17, 15) is 39.3 Å². The molecule has 3 aliphatic rings. The molecule has 310 valence electrons. The fourth-order valence-corrected chi connectivity index (χ4v) is 9.68. The predicted octanol–water partition coefficient (Wildman–Crippen LogP) is 2.07. The molecule has 0 aromatic carbocycles. The van der Waals surface area contributed by atoms with Crippen molar-refractivity contribution < 1.29 is 44.0 Å². The van der Waals surface area contributed by atoms with E-state index in [2.05, 4.69) is 28.6 Å². The smallest absolute Gasteiger partial charge is 0.242 e. The van der Waals surface area contributed by atoms with Crippen molar-refractivity contribution >= 4 is 65.7 Å². The third-order valence-corrected chi connectivity index (χ3v) is 13.1. The van der Waals surface area contributed by atoms with Crippen LogP contribution in [0.1, 0.15) is 110 Å². The zero-order valence-corrected chi connectivity index (χ0v) is 34.4. The Morgan fingerprint density at radius 3 is 2.02 bits per heavy atom. The molecule has 3 fully saturated rings. The average Bonchev–Trinajstić information content (AvgIpc) is 3.40. The van der Waals surface area contributed by atoms with Crippen LogP contribution in [0.5, 0.6) is 0 Å². The van der Waals surface area contributed by atoms with Crippen molar-refractivity contribution in [1.29, 1.82) is 0 Å². The molecule has 1 saturated carbocycles. The molecule has 8 N–H and O–H groups in total. The molecule has 0 aromatic heterocycles. The molecule has 14 nitrogen and oxygen atoms in total. The number of aliphatic hydroxyl groups excluding tert-OH is 3. The van der Waals surface area contributed by atoms with E-state index in [0.717, 1.165) is 89.2 Å². The van der Waals surface area contributed by atoms with Crippen LogP contribution in [0.15, 0.2) is 0 Å². The molecule has 0 bridgehead atoms. The number of unbranched alkanes of at least 4 members (excludes halogenated alkanes) is 6. The highest BCUT2D eigenvalue weighted by Crippen LogP contribution is 2.34. The Bertz CT molecular complexity index is 1180. The van der Waals surface area contributed by atoms with Gasteiger partial charge in [0.2, 0.25) is 29.5 Å². The van der Waals surface area contributed by atoms with Gasteiger partial charge < -0.3 is 41.7 Å². The van der Waals surface area contributed by atoms with Crippen molar-refractivity contribution in [2.24, 2.45) is 17.6 Å². The van der Waals surface area contributed by atoms with E-state index in [1.807, 2.05) is 6.92 Å². The van der Waals surface area contributed by atoms with Crippen LogP contribution in [0, 0.1) is 11.8 Å². The lowest BCUT2D eigenvalue weighted by molar-refractivity contribution is -0.165. The lowest BCUT2D eigenvalue weighted by Crippen LogP contribution is -2.60. The number of nitrogens with two attached hydrogens (primary N) is 1. The Hall–Kier alpha value is -1.60. The average molecular weight is 820 g/mol. The van der Waals surface area contributed by atoms with Crippen LogP contribution in [0.3, 0.4) is 0 Å². The molecule has 7 atom stereocenters. The molecule has 17 heteroatoms. The number of likely N-dealkylation sites (tertiary alicyclic amines) is 1. The summed E-state index contributed by atoms with van der Waals surface area (Å²) < 4.78 is 5.61. The normalized spacial score (nSPS) is 27.9. The number of nitrogens with zero attached hydrogens (tertiary/aromatic N) is 1. The SMILES string of the molecule is CC(S)SC1CC(=O)N(CC2CCC(C(=O)NCCCCCC(=O)NCCCCCC(=O)NCCCCCS[C@@H]3OC(CO)[C@H](O)[C@H](O)C3N)CC2)C1=O. The first-order chi connectivity index (χ1) is 25.9. The van der Waals surface area contributed by atoms with Crippen LogP contribution in [0.25, 0.3) is 0 Å². The maximum absolute atomic E-state index is 12.7. The van der Waals surface area contributed by atoms with Gasteiger partial charge in [-0.3, -0.25) is 28.9 Å². The highest BCUT2D eigenvalue weighted by Gasteiger charge is 2.43. The van der Waals surface area contributed by atoms with E-state index < -0.39 is 29.8 Å². The lowest BCUT2D eigenvalue weighted by Gasteiger charge is -2.40. The summed E-state index contributed by atoms with van der Waals surface area (Å²) in [7, 11) is 0. The number of nitrogens with one attached hydrogen (secondary N) is 3. The van der Waals surface area contributed by atoms with Crippen molar-refractivity contribution in [3.8, 4) is 0 Å². The molecule has 3 rings (SSSR count). The number of hydrogen-bond acceptors (Lipinski definition) is 13. The zero-order chi connectivity index (χ0) is 39.5. The van der Waals surface area contributed by atoms with E-state index in [1.54, 1.807) is 0 Å². The summed E-state index contributed by atoms with van der Waals surface area (Å²) in [6.45, 7) is 3.75. The number of thiol groups is 1. The molecule has 1 aliphatic carbocycles. The van der Waals surface area contributed by atoms with Gasteiger partial charge >= 0.3 is 0 Å². The molecular formula is C37H65N5O9S3. The second-order valence-corrected chi connectivity index (χ2v) is 18.7. The fraction of sp³-hybridized carbons (Fsp3) is 0.865. The molecule has 0 aromatic rings. The summed E-state index contributed by atoms with van der Waals surface area (Å²) in [6, 6.07) is -0.727. The van der Waals surface area contributed by atoms with Gasteiger partial charge in [0.15, 0.2) is 0 Å². The van der Waals surface area contributed by atoms with Crippen LogP contribution in [-0.2, 0) is 28.7 Å². The van der Waals surface area contributed by atoms with Crippen molar-refractivity contribution in [2.45, 2.75) is 149 Å². The van der Waals surface area contributed by atoms with Crippen molar-refractivity contribution in [3.05, 3.63) is 0 Å². The minimum atomic E-state index is -1.20. The van der Waals surface area contributed by atoms with Gasteiger partial charge in [0.05, 0.1) is 17.9 Å². The van der Waals surface area contributed by atoms with Gasteiger partial charge in [0.1, 0.15) is 23.7 Å². The van der Waals surface area contributed by atoms with Crippen LogP contribution in [0.2, 0.25) is 0 Å². The molecule has 2 aliphatic heterocycles. The van der Waals surface area contributed by atoms with Gasteiger partial charge in [0, 0.05) is 55.9 Å². The van der Waals surface area contributed by atoms with Gasteiger partial charge in [0.25, 0.3) is 0 Å². The minimum Gasteiger partial charge on any atom is -0.394 e. The largest absolute Gasteiger partial charge is 0.394 e. The molecule has 5 amide bonds. The summed E-state index contributed by atoms with van der Waals surface area (Å²) in [5.41, 5.74) is 5.47. The Morgan fingerprint density at radius 1 is 0.870 bits per heavy atom. The number of hydrogen-bond donors (Lipinski definition) is 8. The molecule has 2 saturated heterocycles. The summed E-state index contributed by atoms with van der Waals surface area (Å²) in [6.07, 6.45) is 8.66. The standard InChI is InChI=1S/C37H65N5O9S3/c1-24(52)54-28-21-31(46)42(36(28)50)22-25-13-15-26(16-14-25)35(49)41-19-8-3-6-12-29(44)39-17-7-2-5-11-30(45)40-18-9-4-10-20-53-37-32(38)34(48)33(47)27(23-43)51-37/h24-28,32-34,37,43,47-48,52H,2-23,38H2,1H3,(H,39,44)(H,40,45)(H,41,49)/t24?,25?,26?,27?,28?,32?,33-,34+,37-/m0/s1. The fourth-order valence-electron chi connectivity index (χ4n) is 7.07. The number of imide groups is 1. The van der Waals surface area contributed by atoms with Crippen LogP contribution in [-0.4, -0.2) is 128 Å². The lowest BCUT2D eigenvalue weighted by atomic mass is 9.81. The quantitative estimate of drug-likeness (QED) is 0.0287. The summed E-state index contributed by atoms with van der Waals surface area (Å²) >= 11 is 7.22. The Morgan fingerprint density at radius 2 is 1.44 bits per heavy atom. The molecule has 0 spiro atoms. The number of rotatable bonds is 25. The molecule has 2 heterocycles. The second-order valence-electron chi connectivity index (χ2n) is 14.8. The number of aliphatic hydroxyl groups is 3. The first-order valence-corrected chi connectivity index (χ1v) is 22.4. The third-order valence-electron chi connectivity index (χ3n) is 10.4. The highest BCUT2D eigenvalue weighted by molar-refractivity contribution is 8.11. The van der Waals surface area contributed by atoms with Crippen LogP contribution in [0.4, 0.5) is 0 Å². The number of thioether (sulfide) groups is 2. The number of ether oxygens (including phenoxy) is 1. The van der Waals surface area contributed by atoms with Gasteiger partial charge in [-0.25, -0.2) is 0 Å². The zero-order valence-electron chi connectivity index (χ0n) is 31.8. The van der Waals surface area contributed by atoms with Gasteiger partial charge in [-0.1, -0.05) is 19.3 Å². The Balaban J connectivity index is 1.08. The predicted molar refractivity (Wildman–Crippen MR) is 215 cm³/mol. The maximum atomic E-state index is 12.7. The minimum absolute atomic E-state index is 0.00227. The van der Waals surface area contributed by atoms with Crippen LogP contribution >= 0.6 is 36.2 Å². The number of carbonyl (C=O) groups excluding carboxylic acids is 5. The van der Waals surface area contributed by atoms with Gasteiger partial charge in [-0.2, -0.15) is 12.6 Å². The number of carbonyl (C=O) groups is 5. The third kappa shape index (κ3) is 16.5. The Labute approximate surface area is 334 Å². The highest BCUT2D eigenvalue weighted by atomic mass is 32.2. The molecule has 0 radical (unpaired) electrons. The maximum Gasteiger partial charge on any atom is 0.242 e. The Kier molecular flexibility index (Phi) is 22.2. The van der Waals surface area contributed by atoms with Gasteiger partial charge in [-0.05, 0) is 82.8 Å². The summed E-state index contributed by atoms with van der Waals surface area (Å²) in [4.78, 5) is 63.5. The molecule has 54 heavy (non-hydrogen) atoms. The van der Waals surface area contributed by atoms with Crippen molar-refractivity contribution in [2.75, 3.05) is 38.5 Å². The topological polar surface area (TPSA) is 221 Å². The van der Waals surface area contributed by atoms with Crippen molar-refractivity contribution in [3.63, 3.8) is 0 Å². The van der Waals surface area contributed by atoms with E-state index in [-0.39, 0.29) is 64.2 Å². The van der Waals surface area contributed by atoms with Crippen molar-refractivity contribution in [1.82, 2.24) is 20.9 Å². The van der Waals surface area contributed by atoms with Gasteiger partial charge in [-0.15, -0.1) is 23.5 Å². The van der Waals surface area contributed by atoms with E-state index in [1.165, 1.54) is 28.4 Å². The van der Waals surface area contributed by atoms with E-state index in [0.29, 0.717) is 39.0 Å². The summed E-state index contributed by atoms with van der Waals surface area (Å²) in [5.74, 6) is 0.872. The second kappa shape index (κ2) is 25.6. The monoisotopic (exact) mass is 819 g/mol. The van der Waals surface area contributed by atoms with E-state index in [4.69, 9.17) is 10.5 Å². The first-order valence-electron chi connectivity index (χ1n) is 19.9. The first kappa shape index (κ1) is 46.8. The summed E-state index contributed by atoms with van der Waals surface area (Å²) in [5, 5.41) is 37.9. The molecule has 4 unspecified atom stereocenters. The molecular weight excluding hydrogens is 755 g/mol. The van der Waals surface area contributed by atoms with E-state index >= 15 is 0 Å².